The molecule has 204 valence electrons. The van der Waals surface area contributed by atoms with Crippen molar-refractivity contribution < 1.29 is 39.3 Å². The molecule has 2 aliphatic heterocycles. The quantitative estimate of drug-likeness (QED) is 0.207. The second-order valence-electron chi connectivity index (χ2n) is 10.1. The summed E-state index contributed by atoms with van der Waals surface area (Å²) >= 11 is 0. The van der Waals surface area contributed by atoms with Crippen LogP contribution in [0.15, 0.2) is 15.7 Å². The number of hydrogen-bond donors (Lipinski definition) is 8. The fourth-order valence-corrected chi connectivity index (χ4v) is 5.59. The number of nitrogens with one attached hydrogen (secondary N) is 2. The molecule has 4 rings (SSSR count). The van der Waals surface area contributed by atoms with Crippen LogP contribution in [0, 0.1) is 13.8 Å². The fraction of sp³-hybridized carbons (Fsp3) is 0.545. The van der Waals surface area contributed by atoms with Crippen molar-refractivity contribution in [3.63, 3.8) is 0 Å². The molecule has 0 radical (unpaired) electrons. The molecule has 15 heteroatoms. The summed E-state index contributed by atoms with van der Waals surface area (Å²) in [7, 11) is -4.93. The minimum absolute atomic E-state index is 0.0404. The molecule has 14 nitrogen and oxygen atoms in total. The molecular formula is C22H31N4O10P. The molecule has 8 N–H and O–H groups in total. The lowest BCUT2D eigenvalue weighted by atomic mass is 9.73. The maximum Gasteiger partial charge on any atom is 0.469 e. The Balaban J connectivity index is 1.86. The number of benzene rings is 1. The predicted molar refractivity (Wildman–Crippen MR) is 132 cm³/mol. The summed E-state index contributed by atoms with van der Waals surface area (Å²) in [6.07, 6.45) is -6.33. The van der Waals surface area contributed by atoms with Crippen LogP contribution in [0.2, 0.25) is 0 Å². The Labute approximate surface area is 211 Å². The molecule has 0 bridgehead atoms. The maximum atomic E-state index is 13.0. The second kappa shape index (κ2) is 9.33. The fourth-order valence-electron chi connectivity index (χ4n) is 5.24. The van der Waals surface area contributed by atoms with Gasteiger partial charge in [-0.15, -0.1) is 0 Å². The third-order valence-corrected chi connectivity index (χ3v) is 7.46. The number of β-amino-alcohol motifs (C(OH)–C–C–N with tert-alkyl or cyclic N) is 1. The molecule has 1 aromatic carbocycles. The van der Waals surface area contributed by atoms with Crippen LogP contribution >= 0.6 is 7.82 Å². The zero-order chi connectivity index (χ0) is 27.6. The number of phosphoric ester groups is 1. The van der Waals surface area contributed by atoms with Crippen molar-refractivity contribution in [3.8, 4) is 0 Å². The average molecular weight is 542 g/mol. The molecule has 1 aromatic heterocycles. The summed E-state index contributed by atoms with van der Waals surface area (Å²) in [5.41, 5.74) is 1.42. The van der Waals surface area contributed by atoms with Gasteiger partial charge < -0.3 is 40.0 Å². The third kappa shape index (κ3) is 4.87. The van der Waals surface area contributed by atoms with Gasteiger partial charge in [0, 0.05) is 6.42 Å². The number of hydrogen-bond acceptors (Lipinski definition) is 10. The number of anilines is 4. The molecule has 0 unspecified atom stereocenters. The topological polar surface area (TPSA) is 220 Å². The minimum atomic E-state index is -4.93. The lowest BCUT2D eigenvalue weighted by Gasteiger charge is -2.50. The summed E-state index contributed by atoms with van der Waals surface area (Å²) < 4.78 is 15.2. The molecular weight excluding hydrogens is 511 g/mol. The lowest BCUT2D eigenvalue weighted by molar-refractivity contribution is -0.0717. The molecule has 0 spiro atoms. The average Bonchev–Trinajstić information content (AvgIpc) is 2.76. The van der Waals surface area contributed by atoms with E-state index in [9.17, 15) is 34.6 Å². The standard InChI is InChI=1S/C22H31N4O10P/c1-9-5-11-16-15(10(9)2)22(3,4)6-14(29)26(16)17-19(23-21(32)24-20(17)31)25(11)7-12(27)18(30)13(28)8-36-37(33,34)35/h5,12-14,18,27-30H,6-8H2,1-4H3,(H2,33,34,35)(H2,23,24,31,32)/t12-,13+,14+,18-/m0/s1. The largest absolute Gasteiger partial charge is 0.469 e. The first-order valence-corrected chi connectivity index (χ1v) is 13.1. The van der Waals surface area contributed by atoms with Gasteiger partial charge in [0.15, 0.2) is 5.69 Å². The number of fused-ring (bicyclic) bond motifs is 2. The molecule has 37 heavy (non-hydrogen) atoms. The van der Waals surface area contributed by atoms with Crippen LogP contribution < -0.4 is 21.0 Å². The first kappa shape index (κ1) is 27.5. The third-order valence-electron chi connectivity index (χ3n) is 6.98. The van der Waals surface area contributed by atoms with Crippen molar-refractivity contribution in [2.45, 2.75) is 64.1 Å². The van der Waals surface area contributed by atoms with E-state index in [1.165, 1.54) is 9.80 Å². The van der Waals surface area contributed by atoms with Crippen molar-refractivity contribution >= 4 is 30.7 Å². The zero-order valence-corrected chi connectivity index (χ0v) is 21.6. The number of aliphatic hydroxyl groups excluding tert-OH is 4. The highest BCUT2D eigenvalue weighted by molar-refractivity contribution is 7.46. The Morgan fingerprint density at radius 1 is 1.14 bits per heavy atom. The van der Waals surface area contributed by atoms with Gasteiger partial charge in [0.2, 0.25) is 0 Å². The van der Waals surface area contributed by atoms with Crippen LogP contribution in [0.4, 0.5) is 22.9 Å². The number of rotatable bonds is 7. The van der Waals surface area contributed by atoms with Gasteiger partial charge in [-0.2, -0.15) is 0 Å². The van der Waals surface area contributed by atoms with E-state index in [4.69, 9.17) is 9.79 Å². The van der Waals surface area contributed by atoms with Gasteiger partial charge in [0.25, 0.3) is 5.56 Å². The molecule has 3 heterocycles. The van der Waals surface area contributed by atoms with E-state index in [1.807, 2.05) is 27.7 Å². The number of nitrogens with zero attached hydrogens (tertiary/aromatic N) is 2. The number of aryl methyl sites for hydroxylation is 1. The first-order chi connectivity index (χ1) is 17.0. The van der Waals surface area contributed by atoms with E-state index in [-0.39, 0.29) is 17.9 Å². The van der Waals surface area contributed by atoms with Gasteiger partial charge >= 0.3 is 13.5 Å². The summed E-state index contributed by atoms with van der Waals surface area (Å²) in [6, 6.07) is 1.77. The van der Waals surface area contributed by atoms with Crippen LogP contribution in [0.3, 0.4) is 0 Å². The summed E-state index contributed by atoms with van der Waals surface area (Å²) in [6.45, 7) is 6.32. The molecule has 2 aliphatic rings. The zero-order valence-electron chi connectivity index (χ0n) is 20.7. The highest BCUT2D eigenvalue weighted by Crippen LogP contribution is 2.56. The Hall–Kier alpha value is -2.55. The number of H-pyrrole nitrogens is 2. The Morgan fingerprint density at radius 3 is 2.41 bits per heavy atom. The second-order valence-corrected chi connectivity index (χ2v) is 11.4. The van der Waals surface area contributed by atoms with Crippen molar-refractivity contribution in [1.29, 1.82) is 0 Å². The smallest absolute Gasteiger partial charge is 0.388 e. The van der Waals surface area contributed by atoms with E-state index >= 15 is 0 Å². The van der Waals surface area contributed by atoms with Crippen molar-refractivity contribution in [1.82, 2.24) is 9.97 Å². The summed E-state index contributed by atoms with van der Waals surface area (Å²) in [5, 5.41) is 42.5. The van der Waals surface area contributed by atoms with Gasteiger partial charge in [0.1, 0.15) is 30.4 Å². The van der Waals surface area contributed by atoms with E-state index < -0.39 is 62.2 Å². The highest BCUT2D eigenvalue weighted by Gasteiger charge is 2.46. The number of aromatic nitrogens is 2. The van der Waals surface area contributed by atoms with Gasteiger partial charge in [-0.25, -0.2) is 9.36 Å². The molecule has 0 fully saturated rings. The highest BCUT2D eigenvalue weighted by atomic mass is 31.2. The van der Waals surface area contributed by atoms with E-state index in [0.717, 1.165) is 16.7 Å². The molecule has 0 saturated heterocycles. The number of aliphatic hydroxyl groups is 4. The van der Waals surface area contributed by atoms with Crippen molar-refractivity contribution in [2.24, 2.45) is 0 Å². The Bertz CT molecular complexity index is 1380. The number of aromatic amines is 2. The van der Waals surface area contributed by atoms with Gasteiger partial charge in [0.05, 0.1) is 24.5 Å². The van der Waals surface area contributed by atoms with Crippen molar-refractivity contribution in [3.05, 3.63) is 43.6 Å². The molecule has 4 atom stereocenters. The Kier molecular flexibility index (Phi) is 6.93. The van der Waals surface area contributed by atoms with Gasteiger partial charge in [-0.05, 0) is 42.0 Å². The van der Waals surface area contributed by atoms with Crippen LogP contribution in [-0.4, -0.2) is 77.9 Å². The predicted octanol–water partition coefficient (Wildman–Crippen LogP) is -0.539. The van der Waals surface area contributed by atoms with E-state index in [2.05, 4.69) is 14.5 Å². The minimum Gasteiger partial charge on any atom is -0.388 e. The normalized spacial score (nSPS) is 20.8. The molecule has 0 amide bonds. The van der Waals surface area contributed by atoms with Gasteiger partial charge in [-0.1, -0.05) is 13.8 Å². The van der Waals surface area contributed by atoms with Crippen LogP contribution in [0.5, 0.6) is 0 Å². The maximum absolute atomic E-state index is 13.0. The van der Waals surface area contributed by atoms with Gasteiger partial charge in [-0.3, -0.25) is 19.3 Å². The van der Waals surface area contributed by atoms with E-state index in [1.54, 1.807) is 6.07 Å². The number of phosphoric acid groups is 1. The summed E-state index contributed by atoms with van der Waals surface area (Å²) in [4.78, 5) is 50.5. The molecule has 0 saturated carbocycles. The SMILES string of the molecule is Cc1cc2c3c(c1C)C(C)(C)C[C@@H](O)N3c1c([nH]c(=O)[nH]c1=O)N2C[C@H](O)[C@H](O)[C@H](O)COP(=O)(O)O. The van der Waals surface area contributed by atoms with Crippen LogP contribution in [-0.2, 0) is 14.5 Å². The molecule has 0 aliphatic carbocycles. The molecule has 2 aromatic rings. The lowest BCUT2D eigenvalue weighted by Crippen LogP contribution is -2.51. The van der Waals surface area contributed by atoms with Crippen molar-refractivity contribution in [2.75, 3.05) is 23.0 Å². The summed E-state index contributed by atoms with van der Waals surface area (Å²) in [5.74, 6) is -0.0404. The monoisotopic (exact) mass is 542 g/mol. The Morgan fingerprint density at radius 2 is 1.78 bits per heavy atom. The first-order valence-electron chi connectivity index (χ1n) is 11.5. The van der Waals surface area contributed by atoms with E-state index in [0.29, 0.717) is 11.4 Å². The van der Waals surface area contributed by atoms with Crippen LogP contribution in [0.1, 0.15) is 37.0 Å². The van der Waals surface area contributed by atoms with Crippen LogP contribution in [0.25, 0.3) is 0 Å².